The average Bonchev–Trinajstić information content (AvgIpc) is 2.72. The summed E-state index contributed by atoms with van der Waals surface area (Å²) in [6.07, 6.45) is 5.02. The van der Waals surface area contributed by atoms with E-state index in [0.717, 1.165) is 35.0 Å². The molecular weight excluding hydrogens is 565 g/mol. The molecular formula is C26H27IrN2O2-. The first-order chi connectivity index (χ1) is 14.3. The third kappa shape index (κ3) is 5.55. The average molecular weight is 592 g/mol. The van der Waals surface area contributed by atoms with Gasteiger partial charge in [-0.15, -0.1) is 29.1 Å². The molecule has 0 aliphatic heterocycles. The van der Waals surface area contributed by atoms with Gasteiger partial charge in [-0.2, -0.15) is 0 Å². The summed E-state index contributed by atoms with van der Waals surface area (Å²) in [5, 5.41) is 13.1. The molecule has 0 atom stereocenters. The van der Waals surface area contributed by atoms with Gasteiger partial charge in [0.15, 0.2) is 5.78 Å². The number of benzene rings is 3. The second-order valence-electron chi connectivity index (χ2n) is 7.46. The largest absolute Gasteiger partial charge is 0.512 e. The molecule has 4 aromatic rings. The second-order valence-corrected chi connectivity index (χ2v) is 7.46. The molecule has 1 heterocycles. The predicted octanol–water partition coefficient (Wildman–Crippen LogP) is 6.20. The van der Waals surface area contributed by atoms with Crippen LogP contribution in [0.5, 0.6) is 0 Å². The summed E-state index contributed by atoms with van der Waals surface area (Å²) in [5.41, 5.74) is 5.45. The third-order valence-corrected chi connectivity index (χ3v) is 4.97. The Morgan fingerprint density at radius 1 is 1.03 bits per heavy atom. The van der Waals surface area contributed by atoms with E-state index in [1.165, 1.54) is 47.2 Å². The molecule has 0 bridgehead atoms. The van der Waals surface area contributed by atoms with Crippen molar-refractivity contribution in [3.8, 4) is 0 Å². The first-order valence-electron chi connectivity index (χ1n) is 10.2. The van der Waals surface area contributed by atoms with Gasteiger partial charge in [0.05, 0.1) is 17.0 Å². The van der Waals surface area contributed by atoms with Gasteiger partial charge in [0, 0.05) is 37.9 Å². The number of rotatable bonds is 3. The maximum atomic E-state index is 10.0. The number of aromatic nitrogens is 2. The molecule has 0 spiro atoms. The molecule has 4 nitrogen and oxygen atoms in total. The Labute approximate surface area is 196 Å². The van der Waals surface area contributed by atoms with Crippen molar-refractivity contribution in [2.45, 2.75) is 47.5 Å². The molecule has 0 saturated carbocycles. The minimum absolute atomic E-state index is 0. The summed E-state index contributed by atoms with van der Waals surface area (Å²) in [6, 6.07) is 14.6. The smallest absolute Gasteiger partial charge is 0.155 e. The number of allylic oxidation sites excluding steroid dienone is 2. The summed E-state index contributed by atoms with van der Waals surface area (Å²) in [5.74, 6) is -0.0625. The SMILES string of the molecule is CC(=O)C=C(C)O.CCc1[c-]c2c(cc1)c1ccc(CC)cc1c1nc(C)cnc21.[Ir]. The van der Waals surface area contributed by atoms with Gasteiger partial charge in [-0.3, -0.25) is 9.78 Å². The monoisotopic (exact) mass is 592 g/mol. The van der Waals surface area contributed by atoms with E-state index in [1.807, 2.05) is 13.1 Å². The third-order valence-electron chi connectivity index (χ3n) is 4.97. The van der Waals surface area contributed by atoms with E-state index < -0.39 is 0 Å². The van der Waals surface area contributed by atoms with E-state index in [4.69, 9.17) is 15.1 Å². The molecule has 163 valence electrons. The Morgan fingerprint density at radius 2 is 1.74 bits per heavy atom. The van der Waals surface area contributed by atoms with E-state index >= 15 is 0 Å². The Hall–Kier alpha value is -2.62. The maximum absolute atomic E-state index is 10.0. The number of fused-ring (bicyclic) bond motifs is 6. The molecule has 0 saturated heterocycles. The number of hydrogen-bond donors (Lipinski definition) is 1. The molecule has 0 amide bonds. The van der Waals surface area contributed by atoms with Crippen LogP contribution in [0.4, 0.5) is 0 Å². The predicted molar refractivity (Wildman–Crippen MR) is 124 cm³/mol. The molecule has 3 aromatic carbocycles. The van der Waals surface area contributed by atoms with Crippen LogP contribution < -0.4 is 0 Å². The zero-order valence-electron chi connectivity index (χ0n) is 18.5. The van der Waals surface area contributed by atoms with Gasteiger partial charge >= 0.3 is 0 Å². The van der Waals surface area contributed by atoms with Crippen molar-refractivity contribution in [1.82, 2.24) is 9.97 Å². The van der Waals surface area contributed by atoms with Crippen LogP contribution in [-0.4, -0.2) is 20.9 Å². The van der Waals surface area contributed by atoms with E-state index in [1.54, 1.807) is 0 Å². The quantitative estimate of drug-likeness (QED) is 0.133. The Bertz CT molecular complexity index is 1280. The molecule has 1 aromatic heterocycles. The minimum atomic E-state index is -0.125. The van der Waals surface area contributed by atoms with E-state index in [9.17, 15) is 4.79 Å². The standard InChI is InChI=1S/C21H19N2.C5H8O2.Ir/c1-4-14-6-8-16-17-9-7-15(5-2)11-19(17)21-20(18(16)10-14)22-12-13(3)23-21;1-4(6)3-5(2)7;/h6-9,11-12H,4-5H2,1-3H3;3,6H,1-2H3;/q-1;;. The van der Waals surface area contributed by atoms with Crippen molar-refractivity contribution in [2.24, 2.45) is 0 Å². The van der Waals surface area contributed by atoms with Crippen molar-refractivity contribution < 1.29 is 30.0 Å². The Kier molecular flexibility index (Phi) is 8.43. The minimum Gasteiger partial charge on any atom is -0.512 e. The summed E-state index contributed by atoms with van der Waals surface area (Å²) >= 11 is 0. The number of aliphatic hydroxyl groups is 1. The van der Waals surface area contributed by atoms with Gasteiger partial charge in [-0.05, 0) is 44.6 Å². The number of carbonyl (C=O) groups excluding carboxylic acids is 1. The molecule has 4 rings (SSSR count). The number of aliphatic hydroxyl groups excluding tert-OH is 1. The molecule has 1 radical (unpaired) electrons. The van der Waals surface area contributed by atoms with Crippen LogP contribution in [0.25, 0.3) is 32.6 Å². The number of hydrogen-bond acceptors (Lipinski definition) is 4. The van der Waals surface area contributed by atoms with E-state index in [-0.39, 0.29) is 31.6 Å². The first kappa shape index (κ1) is 24.6. The molecule has 1 N–H and O–H groups in total. The van der Waals surface area contributed by atoms with Crippen LogP contribution in [-0.2, 0) is 37.7 Å². The van der Waals surface area contributed by atoms with Gasteiger partial charge < -0.3 is 10.1 Å². The number of ketones is 1. The summed E-state index contributed by atoms with van der Waals surface area (Å²) in [7, 11) is 0. The fourth-order valence-electron chi connectivity index (χ4n) is 3.54. The Morgan fingerprint density at radius 3 is 2.32 bits per heavy atom. The van der Waals surface area contributed by atoms with E-state index in [2.05, 4.69) is 50.2 Å². The van der Waals surface area contributed by atoms with E-state index in [0.29, 0.717) is 0 Å². The van der Waals surface area contributed by atoms with Gasteiger partial charge in [-0.1, -0.05) is 42.8 Å². The molecule has 0 fully saturated rings. The zero-order chi connectivity index (χ0) is 21.8. The fraction of sp³-hybridized carbons (Fsp3) is 0.269. The topological polar surface area (TPSA) is 63.1 Å². The second kappa shape index (κ2) is 10.6. The molecule has 5 heteroatoms. The van der Waals surface area contributed by atoms with Crippen LogP contribution >= 0.6 is 0 Å². The molecule has 0 unspecified atom stereocenters. The van der Waals surface area contributed by atoms with Crippen LogP contribution in [0.1, 0.15) is 44.5 Å². The van der Waals surface area contributed by atoms with Crippen molar-refractivity contribution >= 4 is 38.4 Å². The number of carbonyl (C=O) groups is 1. The molecule has 31 heavy (non-hydrogen) atoms. The van der Waals surface area contributed by atoms with Gasteiger partial charge in [-0.25, -0.2) is 0 Å². The summed E-state index contributed by atoms with van der Waals surface area (Å²) < 4.78 is 0. The fourth-order valence-corrected chi connectivity index (χ4v) is 3.54. The first-order valence-corrected chi connectivity index (χ1v) is 10.2. The molecule has 0 aliphatic carbocycles. The Balaban J connectivity index is 0.000000373. The summed E-state index contributed by atoms with van der Waals surface area (Å²) in [6.45, 7) is 9.19. The van der Waals surface area contributed by atoms with Gasteiger partial charge in [0.2, 0.25) is 0 Å². The van der Waals surface area contributed by atoms with Crippen molar-refractivity contribution in [3.05, 3.63) is 71.3 Å². The van der Waals surface area contributed by atoms with Crippen LogP contribution in [0.3, 0.4) is 0 Å². The van der Waals surface area contributed by atoms with Crippen LogP contribution in [0, 0.1) is 13.0 Å². The van der Waals surface area contributed by atoms with Crippen LogP contribution in [0.15, 0.2) is 48.4 Å². The maximum Gasteiger partial charge on any atom is 0.155 e. The number of aryl methyl sites for hydroxylation is 3. The van der Waals surface area contributed by atoms with Gasteiger partial charge in [0.25, 0.3) is 0 Å². The zero-order valence-corrected chi connectivity index (χ0v) is 20.9. The number of nitrogens with zero attached hydrogens (tertiary/aromatic N) is 2. The normalized spacial score (nSPS) is 11.2. The summed E-state index contributed by atoms with van der Waals surface area (Å²) in [4.78, 5) is 19.5. The van der Waals surface area contributed by atoms with Crippen LogP contribution in [0.2, 0.25) is 0 Å². The van der Waals surface area contributed by atoms with Crippen molar-refractivity contribution in [1.29, 1.82) is 0 Å². The van der Waals surface area contributed by atoms with Crippen molar-refractivity contribution in [3.63, 3.8) is 0 Å². The van der Waals surface area contributed by atoms with Gasteiger partial charge in [0.1, 0.15) is 0 Å². The van der Waals surface area contributed by atoms with Crippen molar-refractivity contribution in [2.75, 3.05) is 0 Å². The molecule has 0 aliphatic rings.